The van der Waals surface area contributed by atoms with Crippen LogP contribution in [0.4, 0.5) is 22.4 Å². The first-order chi connectivity index (χ1) is 16.7. The standard InChI is InChI=1S/C23H28F4N6O3/c1-12-5-6-17(33(12)21(35)36-22(2,3)4)19(34)30-8-13-7-16(29-11-15(13)18(24)28)14-9-31-20(32-10-14)23(25,26)27/h7,9-12,17-18H,5-6,8,28H2,1-4H3,(H,30,34). The number of hydrogen-bond donors (Lipinski definition) is 2. The number of halogens is 4. The molecule has 3 atom stereocenters. The van der Waals surface area contributed by atoms with Crippen LogP contribution in [0, 0.1) is 0 Å². The van der Waals surface area contributed by atoms with Gasteiger partial charge in [-0.15, -0.1) is 0 Å². The van der Waals surface area contributed by atoms with E-state index >= 15 is 0 Å². The average molecular weight is 513 g/mol. The van der Waals surface area contributed by atoms with Crippen molar-refractivity contribution in [3.8, 4) is 11.3 Å². The Hall–Kier alpha value is -3.35. The Kier molecular flexibility index (Phi) is 7.82. The van der Waals surface area contributed by atoms with Gasteiger partial charge in [-0.25, -0.2) is 19.2 Å². The zero-order chi connectivity index (χ0) is 26.8. The maximum absolute atomic E-state index is 14.0. The number of amides is 2. The highest BCUT2D eigenvalue weighted by Crippen LogP contribution is 2.29. The van der Waals surface area contributed by atoms with Crippen molar-refractivity contribution in [2.75, 3.05) is 0 Å². The van der Waals surface area contributed by atoms with E-state index in [1.165, 1.54) is 11.0 Å². The molecule has 13 heteroatoms. The molecule has 1 saturated heterocycles. The van der Waals surface area contributed by atoms with Gasteiger partial charge in [0.1, 0.15) is 11.6 Å². The lowest BCUT2D eigenvalue weighted by molar-refractivity contribution is -0.145. The van der Waals surface area contributed by atoms with Crippen LogP contribution >= 0.6 is 0 Å². The molecule has 0 spiro atoms. The van der Waals surface area contributed by atoms with Crippen LogP contribution in [0.15, 0.2) is 24.7 Å². The smallest absolute Gasteiger partial charge is 0.444 e. The number of hydrogen-bond acceptors (Lipinski definition) is 7. The van der Waals surface area contributed by atoms with E-state index in [1.807, 2.05) is 6.92 Å². The van der Waals surface area contributed by atoms with Crippen molar-refractivity contribution in [1.82, 2.24) is 25.2 Å². The van der Waals surface area contributed by atoms with Gasteiger partial charge in [-0.2, -0.15) is 13.2 Å². The fourth-order valence-corrected chi connectivity index (χ4v) is 3.84. The van der Waals surface area contributed by atoms with Gasteiger partial charge in [-0.3, -0.25) is 20.4 Å². The van der Waals surface area contributed by atoms with Gasteiger partial charge < -0.3 is 10.1 Å². The normalized spacial score (nSPS) is 19.2. The van der Waals surface area contributed by atoms with Gasteiger partial charge in [0.15, 0.2) is 6.30 Å². The second kappa shape index (κ2) is 10.3. The van der Waals surface area contributed by atoms with E-state index < -0.39 is 41.9 Å². The first-order valence-electron chi connectivity index (χ1n) is 11.2. The van der Waals surface area contributed by atoms with Crippen molar-refractivity contribution in [3.05, 3.63) is 41.6 Å². The van der Waals surface area contributed by atoms with Gasteiger partial charge in [0.2, 0.25) is 11.7 Å². The third-order valence-electron chi connectivity index (χ3n) is 5.55. The van der Waals surface area contributed by atoms with Crippen LogP contribution in [0.3, 0.4) is 0 Å². The minimum absolute atomic E-state index is 0.00401. The Morgan fingerprint density at radius 3 is 2.36 bits per heavy atom. The number of alkyl halides is 4. The number of carbonyl (C=O) groups is 2. The number of nitrogens with two attached hydrogens (primary N) is 1. The molecule has 0 aromatic carbocycles. The summed E-state index contributed by atoms with van der Waals surface area (Å²) in [6, 6.07) is 0.406. The number of nitrogens with zero attached hydrogens (tertiary/aromatic N) is 4. The maximum atomic E-state index is 14.0. The first-order valence-corrected chi connectivity index (χ1v) is 11.2. The molecule has 196 valence electrons. The Morgan fingerprint density at radius 2 is 1.81 bits per heavy atom. The molecule has 3 unspecified atom stereocenters. The lowest BCUT2D eigenvalue weighted by Crippen LogP contribution is -2.49. The van der Waals surface area contributed by atoms with E-state index in [0.717, 1.165) is 18.6 Å². The molecule has 0 saturated carbocycles. The van der Waals surface area contributed by atoms with Crippen molar-refractivity contribution in [2.45, 2.75) is 77.2 Å². The second-order valence-corrected chi connectivity index (χ2v) is 9.51. The molecule has 3 heterocycles. The van der Waals surface area contributed by atoms with Crippen molar-refractivity contribution in [1.29, 1.82) is 0 Å². The van der Waals surface area contributed by atoms with Crippen LogP contribution < -0.4 is 11.1 Å². The van der Waals surface area contributed by atoms with E-state index in [1.54, 1.807) is 20.8 Å². The van der Waals surface area contributed by atoms with Gasteiger partial charge in [-0.1, -0.05) is 0 Å². The van der Waals surface area contributed by atoms with Crippen molar-refractivity contribution < 1.29 is 31.9 Å². The van der Waals surface area contributed by atoms with E-state index in [-0.39, 0.29) is 35.0 Å². The van der Waals surface area contributed by atoms with Gasteiger partial charge in [0.05, 0.1) is 5.69 Å². The highest BCUT2D eigenvalue weighted by molar-refractivity contribution is 5.86. The van der Waals surface area contributed by atoms with Crippen LogP contribution in [0.1, 0.15) is 63.8 Å². The van der Waals surface area contributed by atoms with Gasteiger partial charge in [0.25, 0.3) is 0 Å². The molecular weight excluding hydrogens is 484 g/mol. The Morgan fingerprint density at radius 1 is 1.17 bits per heavy atom. The third-order valence-corrected chi connectivity index (χ3v) is 5.55. The second-order valence-electron chi connectivity index (χ2n) is 9.51. The summed E-state index contributed by atoms with van der Waals surface area (Å²) in [5, 5.41) is 2.69. The zero-order valence-corrected chi connectivity index (χ0v) is 20.3. The van der Waals surface area contributed by atoms with Gasteiger partial charge >= 0.3 is 12.3 Å². The molecule has 0 radical (unpaired) electrons. The minimum Gasteiger partial charge on any atom is -0.444 e. The van der Waals surface area contributed by atoms with E-state index in [0.29, 0.717) is 12.8 Å². The van der Waals surface area contributed by atoms with Crippen LogP contribution in [-0.4, -0.2) is 49.5 Å². The quantitative estimate of drug-likeness (QED) is 0.460. The van der Waals surface area contributed by atoms with Gasteiger partial charge in [0, 0.05) is 42.3 Å². The molecule has 2 amide bonds. The average Bonchev–Trinajstić information content (AvgIpc) is 3.17. The summed E-state index contributed by atoms with van der Waals surface area (Å²) in [4.78, 5) is 37.7. The predicted molar refractivity (Wildman–Crippen MR) is 121 cm³/mol. The van der Waals surface area contributed by atoms with E-state index in [9.17, 15) is 27.2 Å². The topological polar surface area (TPSA) is 123 Å². The summed E-state index contributed by atoms with van der Waals surface area (Å²) in [6.45, 7) is 6.84. The fraction of sp³-hybridized carbons (Fsp3) is 0.522. The highest BCUT2D eigenvalue weighted by atomic mass is 19.4. The van der Waals surface area contributed by atoms with E-state index in [4.69, 9.17) is 10.5 Å². The fourth-order valence-electron chi connectivity index (χ4n) is 3.84. The molecule has 2 aromatic rings. The number of rotatable bonds is 5. The van der Waals surface area contributed by atoms with Gasteiger partial charge in [-0.05, 0) is 52.2 Å². The SMILES string of the molecule is CC1CCC(C(=O)NCc2cc(-c3cnc(C(F)(F)F)nc3)ncc2C(N)F)N1C(=O)OC(C)(C)C. The predicted octanol–water partition coefficient (Wildman–Crippen LogP) is 3.89. The Bertz CT molecular complexity index is 1100. The molecule has 0 bridgehead atoms. The molecule has 0 aliphatic carbocycles. The zero-order valence-electron chi connectivity index (χ0n) is 20.3. The van der Waals surface area contributed by atoms with Crippen LogP contribution in [0.2, 0.25) is 0 Å². The molecule has 1 aliphatic rings. The summed E-state index contributed by atoms with van der Waals surface area (Å²) < 4.78 is 57.7. The summed E-state index contributed by atoms with van der Waals surface area (Å²) in [6.07, 6.45) is -3.14. The molecule has 3 N–H and O–H groups in total. The summed E-state index contributed by atoms with van der Waals surface area (Å²) in [5.74, 6) is -1.76. The summed E-state index contributed by atoms with van der Waals surface area (Å²) in [5.41, 5.74) is 5.25. The third kappa shape index (κ3) is 6.45. The number of ether oxygens (including phenoxy) is 1. The lowest BCUT2D eigenvalue weighted by atomic mass is 10.1. The number of pyridine rings is 1. The van der Waals surface area contributed by atoms with E-state index in [2.05, 4.69) is 20.3 Å². The largest absolute Gasteiger partial charge is 0.451 e. The molecule has 1 fully saturated rings. The van der Waals surface area contributed by atoms with Crippen LogP contribution in [0.5, 0.6) is 0 Å². The van der Waals surface area contributed by atoms with Crippen molar-refractivity contribution >= 4 is 12.0 Å². The monoisotopic (exact) mass is 512 g/mol. The highest BCUT2D eigenvalue weighted by Gasteiger charge is 2.41. The van der Waals surface area contributed by atoms with Crippen molar-refractivity contribution in [3.63, 3.8) is 0 Å². The summed E-state index contributed by atoms with van der Waals surface area (Å²) >= 11 is 0. The molecule has 1 aliphatic heterocycles. The number of nitrogens with one attached hydrogen (secondary N) is 1. The lowest BCUT2D eigenvalue weighted by Gasteiger charge is -2.30. The summed E-state index contributed by atoms with van der Waals surface area (Å²) in [7, 11) is 0. The Balaban J connectivity index is 1.79. The molecule has 36 heavy (non-hydrogen) atoms. The van der Waals surface area contributed by atoms with Crippen LogP contribution in [-0.2, 0) is 22.3 Å². The number of aromatic nitrogens is 3. The molecule has 2 aromatic heterocycles. The van der Waals surface area contributed by atoms with Crippen molar-refractivity contribution in [2.24, 2.45) is 5.73 Å². The number of carbonyl (C=O) groups excluding carboxylic acids is 2. The minimum atomic E-state index is -4.70. The Labute approximate surface area is 205 Å². The maximum Gasteiger partial charge on any atom is 0.451 e. The van der Waals surface area contributed by atoms with Crippen LogP contribution in [0.25, 0.3) is 11.3 Å². The molecule has 3 rings (SSSR count). The first kappa shape index (κ1) is 27.2. The molecule has 9 nitrogen and oxygen atoms in total. The molecular formula is C23H28F4N6O3. The number of likely N-dealkylation sites (tertiary alicyclic amines) is 1.